The van der Waals surface area contributed by atoms with Crippen LogP contribution in [0.25, 0.3) is 0 Å². The Labute approximate surface area is 181 Å². The third-order valence-corrected chi connectivity index (χ3v) is 4.31. The topological polar surface area (TPSA) is 71.1 Å². The van der Waals surface area contributed by atoms with Crippen LogP contribution >= 0.6 is 0 Å². The molecule has 0 aliphatic carbocycles. The van der Waals surface area contributed by atoms with Gasteiger partial charge in [-0.15, -0.1) is 0 Å². The summed E-state index contributed by atoms with van der Waals surface area (Å²) in [5, 5.41) is 0. The van der Waals surface area contributed by atoms with E-state index in [1.807, 2.05) is 20.8 Å². The summed E-state index contributed by atoms with van der Waals surface area (Å²) in [5.74, 6) is 0.526. The summed E-state index contributed by atoms with van der Waals surface area (Å²) >= 11 is 0. The molecule has 0 atom stereocenters. The minimum Gasteiger partial charge on any atom is -0.494 e. The van der Waals surface area contributed by atoms with Gasteiger partial charge in [-0.25, -0.2) is 9.59 Å². The van der Waals surface area contributed by atoms with Gasteiger partial charge in [-0.1, -0.05) is 6.07 Å². The lowest BCUT2D eigenvalue weighted by atomic mass is 10.2. The predicted octanol–water partition coefficient (Wildman–Crippen LogP) is 5.23. The van der Waals surface area contributed by atoms with Crippen LogP contribution in [0.3, 0.4) is 0 Å². The molecule has 3 aromatic carbocycles. The van der Waals surface area contributed by atoms with Crippen LogP contribution in [0.2, 0.25) is 0 Å². The Kier molecular flexibility index (Phi) is 7.27. The van der Waals surface area contributed by atoms with E-state index in [1.54, 1.807) is 66.7 Å². The Morgan fingerprint density at radius 1 is 0.645 bits per heavy atom. The fraction of sp³-hybridized carbons (Fsp3) is 0.200. The first kappa shape index (κ1) is 21.9. The van der Waals surface area contributed by atoms with Gasteiger partial charge in [0, 0.05) is 0 Å². The van der Waals surface area contributed by atoms with Crippen molar-refractivity contribution in [1.82, 2.24) is 0 Å². The molecule has 0 saturated carbocycles. The molecule has 0 heterocycles. The van der Waals surface area contributed by atoms with Crippen molar-refractivity contribution < 1.29 is 28.5 Å². The fourth-order valence-electron chi connectivity index (χ4n) is 2.80. The van der Waals surface area contributed by atoms with Crippen LogP contribution in [0.4, 0.5) is 0 Å². The maximum Gasteiger partial charge on any atom is 0.343 e. The van der Waals surface area contributed by atoms with E-state index >= 15 is 0 Å². The molecule has 0 spiro atoms. The van der Waals surface area contributed by atoms with Crippen molar-refractivity contribution in [2.75, 3.05) is 13.2 Å². The van der Waals surface area contributed by atoms with Crippen molar-refractivity contribution in [3.8, 4) is 23.0 Å². The second kappa shape index (κ2) is 10.3. The van der Waals surface area contributed by atoms with Gasteiger partial charge in [0.05, 0.1) is 24.3 Å². The number of carbonyl (C=O) groups is 2. The number of hydrogen-bond acceptors (Lipinski definition) is 6. The maximum atomic E-state index is 12.6. The van der Waals surface area contributed by atoms with E-state index in [2.05, 4.69) is 0 Å². The van der Waals surface area contributed by atoms with Crippen molar-refractivity contribution in [2.24, 2.45) is 0 Å². The van der Waals surface area contributed by atoms with Crippen molar-refractivity contribution in [3.05, 3.63) is 83.4 Å². The van der Waals surface area contributed by atoms with Gasteiger partial charge in [0.1, 0.15) is 11.5 Å². The lowest BCUT2D eigenvalue weighted by Gasteiger charge is -2.12. The average molecular weight is 420 g/mol. The molecule has 31 heavy (non-hydrogen) atoms. The van der Waals surface area contributed by atoms with Gasteiger partial charge in [-0.2, -0.15) is 0 Å². The lowest BCUT2D eigenvalue weighted by molar-refractivity contribution is 0.0682. The highest BCUT2D eigenvalue weighted by Gasteiger charge is 2.17. The number of esters is 2. The summed E-state index contributed by atoms with van der Waals surface area (Å²) in [6, 6.07) is 18.3. The molecule has 0 aliphatic rings. The van der Waals surface area contributed by atoms with Gasteiger partial charge in [0.25, 0.3) is 0 Å². The minimum absolute atomic E-state index is 0.156. The van der Waals surface area contributed by atoms with Crippen LogP contribution in [-0.2, 0) is 0 Å². The molecule has 0 saturated heterocycles. The van der Waals surface area contributed by atoms with Gasteiger partial charge >= 0.3 is 11.9 Å². The first-order valence-corrected chi connectivity index (χ1v) is 10.0. The van der Waals surface area contributed by atoms with E-state index < -0.39 is 11.9 Å². The molecule has 3 rings (SSSR count). The van der Waals surface area contributed by atoms with Crippen molar-refractivity contribution in [1.29, 1.82) is 0 Å². The van der Waals surface area contributed by atoms with E-state index in [9.17, 15) is 9.59 Å². The number of ether oxygens (including phenoxy) is 4. The maximum absolute atomic E-state index is 12.6. The second-order valence-electron chi connectivity index (χ2n) is 6.64. The normalized spacial score (nSPS) is 10.3. The average Bonchev–Trinajstić information content (AvgIpc) is 2.77. The highest BCUT2D eigenvalue weighted by atomic mass is 16.6. The van der Waals surface area contributed by atoms with E-state index in [0.717, 1.165) is 5.56 Å². The Balaban J connectivity index is 1.75. The zero-order chi connectivity index (χ0) is 22.2. The second-order valence-corrected chi connectivity index (χ2v) is 6.64. The summed E-state index contributed by atoms with van der Waals surface area (Å²) in [4.78, 5) is 25.1. The van der Waals surface area contributed by atoms with Crippen LogP contribution in [0.15, 0.2) is 66.7 Å². The van der Waals surface area contributed by atoms with Gasteiger partial charge in [-0.3, -0.25) is 0 Å². The van der Waals surface area contributed by atoms with Gasteiger partial charge in [-0.05, 0) is 87.0 Å². The number of rotatable bonds is 8. The molecule has 160 valence electrons. The Hall–Kier alpha value is -3.80. The molecule has 6 nitrogen and oxygen atoms in total. The summed E-state index contributed by atoms with van der Waals surface area (Å²) in [6.45, 7) is 6.70. The smallest absolute Gasteiger partial charge is 0.343 e. The zero-order valence-corrected chi connectivity index (χ0v) is 17.7. The van der Waals surface area contributed by atoms with Gasteiger partial charge in [0.2, 0.25) is 0 Å². The molecular weight excluding hydrogens is 396 g/mol. The van der Waals surface area contributed by atoms with Gasteiger partial charge in [0.15, 0.2) is 11.5 Å². The van der Waals surface area contributed by atoms with Crippen LogP contribution in [0.5, 0.6) is 23.0 Å². The molecule has 0 bridgehead atoms. The standard InChI is InChI=1S/C25H24O6/c1-4-28-20-11-7-18(8-12-20)24(26)30-22-15-6-17(3)16-23(22)31-25(27)19-9-13-21(14-10-19)29-5-2/h6-16H,4-5H2,1-3H3. The molecule has 0 aliphatic heterocycles. The van der Waals surface area contributed by atoms with E-state index in [0.29, 0.717) is 35.8 Å². The molecule has 0 N–H and O–H groups in total. The predicted molar refractivity (Wildman–Crippen MR) is 116 cm³/mol. The molecule has 3 aromatic rings. The highest BCUT2D eigenvalue weighted by molar-refractivity contribution is 5.93. The number of carbonyl (C=O) groups excluding carboxylic acids is 2. The first-order chi connectivity index (χ1) is 15.0. The zero-order valence-electron chi connectivity index (χ0n) is 17.7. The largest absolute Gasteiger partial charge is 0.494 e. The number of aryl methyl sites for hydroxylation is 1. The van der Waals surface area contributed by atoms with Gasteiger partial charge < -0.3 is 18.9 Å². The molecule has 0 unspecified atom stereocenters. The number of benzene rings is 3. The van der Waals surface area contributed by atoms with Crippen LogP contribution in [0, 0.1) is 6.92 Å². The third-order valence-electron chi connectivity index (χ3n) is 4.31. The molecule has 0 radical (unpaired) electrons. The Bertz CT molecular complexity index is 1040. The van der Waals surface area contributed by atoms with Crippen molar-refractivity contribution in [2.45, 2.75) is 20.8 Å². The van der Waals surface area contributed by atoms with Crippen molar-refractivity contribution in [3.63, 3.8) is 0 Å². The lowest BCUT2D eigenvalue weighted by Crippen LogP contribution is -2.13. The van der Waals surface area contributed by atoms with E-state index in [-0.39, 0.29) is 11.5 Å². The summed E-state index contributed by atoms with van der Waals surface area (Å²) < 4.78 is 21.8. The summed E-state index contributed by atoms with van der Waals surface area (Å²) in [5.41, 5.74) is 1.57. The molecule has 0 aromatic heterocycles. The SMILES string of the molecule is CCOc1ccc(C(=O)Oc2ccc(C)cc2OC(=O)c2ccc(OCC)cc2)cc1. The monoisotopic (exact) mass is 420 g/mol. The van der Waals surface area contributed by atoms with Crippen LogP contribution < -0.4 is 18.9 Å². The van der Waals surface area contributed by atoms with E-state index in [4.69, 9.17) is 18.9 Å². The van der Waals surface area contributed by atoms with Crippen molar-refractivity contribution >= 4 is 11.9 Å². The summed E-state index contributed by atoms with van der Waals surface area (Å²) in [6.07, 6.45) is 0. The molecular formula is C25H24O6. The number of hydrogen-bond donors (Lipinski definition) is 0. The Morgan fingerprint density at radius 2 is 1.10 bits per heavy atom. The molecule has 0 amide bonds. The fourth-order valence-corrected chi connectivity index (χ4v) is 2.80. The first-order valence-electron chi connectivity index (χ1n) is 10.0. The third kappa shape index (κ3) is 5.85. The summed E-state index contributed by atoms with van der Waals surface area (Å²) in [7, 11) is 0. The quantitative estimate of drug-likeness (QED) is 0.367. The minimum atomic E-state index is -0.565. The highest BCUT2D eigenvalue weighted by Crippen LogP contribution is 2.30. The Morgan fingerprint density at radius 3 is 1.55 bits per heavy atom. The molecule has 0 fully saturated rings. The molecule has 6 heteroatoms. The van der Waals surface area contributed by atoms with Crippen LogP contribution in [-0.4, -0.2) is 25.2 Å². The van der Waals surface area contributed by atoms with Crippen LogP contribution in [0.1, 0.15) is 40.1 Å². The van der Waals surface area contributed by atoms with E-state index in [1.165, 1.54) is 0 Å².